The molecule has 0 bridgehead atoms. The molecule has 1 N–H and O–H groups in total. The van der Waals surface area contributed by atoms with Crippen molar-refractivity contribution in [2.24, 2.45) is 0 Å². The summed E-state index contributed by atoms with van der Waals surface area (Å²) < 4.78 is 12.4. The minimum absolute atomic E-state index is 0.0984. The summed E-state index contributed by atoms with van der Waals surface area (Å²) in [5.74, 6) is 2.15. The average molecular weight is 407 g/mol. The van der Waals surface area contributed by atoms with Crippen molar-refractivity contribution in [2.45, 2.75) is 44.6 Å². The lowest BCUT2D eigenvalue weighted by molar-refractivity contribution is 0.0107. The molecule has 0 aromatic heterocycles. The van der Waals surface area contributed by atoms with Gasteiger partial charge in [0, 0.05) is 30.3 Å². The molecule has 160 valence electrons. The molecule has 2 aliphatic heterocycles. The second-order valence-electron chi connectivity index (χ2n) is 8.40. The average Bonchev–Trinajstić information content (AvgIpc) is 2.79. The van der Waals surface area contributed by atoms with E-state index in [1.54, 1.807) is 7.11 Å². The Balaban J connectivity index is 1.71. The van der Waals surface area contributed by atoms with Crippen LogP contribution < -0.4 is 14.8 Å². The van der Waals surface area contributed by atoms with Gasteiger partial charge in [-0.1, -0.05) is 36.9 Å². The molecule has 1 fully saturated rings. The zero-order chi connectivity index (χ0) is 21.1. The molecule has 1 saturated heterocycles. The Labute approximate surface area is 180 Å². The third-order valence-corrected chi connectivity index (χ3v) is 6.80. The minimum Gasteiger partial charge on any atom is -0.496 e. The van der Waals surface area contributed by atoms with Gasteiger partial charge in [-0.3, -0.25) is 0 Å². The molecule has 1 spiro atoms. The number of hydrogen-bond donors (Lipinski definition) is 1. The number of benzene rings is 2. The van der Waals surface area contributed by atoms with E-state index in [-0.39, 0.29) is 11.5 Å². The molecule has 1 unspecified atom stereocenters. The van der Waals surface area contributed by atoms with Crippen molar-refractivity contribution in [1.82, 2.24) is 10.2 Å². The highest BCUT2D eigenvalue weighted by Crippen LogP contribution is 2.50. The molecule has 30 heavy (non-hydrogen) atoms. The third kappa shape index (κ3) is 3.81. The Morgan fingerprint density at radius 1 is 1.13 bits per heavy atom. The Bertz CT molecular complexity index is 880. The first-order valence-electron chi connectivity index (χ1n) is 11.2. The highest BCUT2D eigenvalue weighted by Gasteiger charge is 2.43. The second kappa shape index (κ2) is 8.73. The van der Waals surface area contributed by atoms with E-state index in [0.29, 0.717) is 0 Å². The lowest BCUT2D eigenvalue weighted by Gasteiger charge is -2.45. The van der Waals surface area contributed by atoms with Crippen LogP contribution in [0.5, 0.6) is 11.5 Å². The summed E-state index contributed by atoms with van der Waals surface area (Å²) in [7, 11) is 1.75. The van der Waals surface area contributed by atoms with Crippen LogP contribution in [-0.4, -0.2) is 43.8 Å². The van der Waals surface area contributed by atoms with E-state index in [2.05, 4.69) is 61.0 Å². The molecule has 4 rings (SSSR count). The van der Waals surface area contributed by atoms with Crippen LogP contribution in [0.2, 0.25) is 0 Å². The van der Waals surface area contributed by atoms with Gasteiger partial charge >= 0.3 is 0 Å². The highest BCUT2D eigenvalue weighted by atomic mass is 16.5. The highest BCUT2D eigenvalue weighted by molar-refractivity contribution is 5.63. The summed E-state index contributed by atoms with van der Waals surface area (Å²) in [6, 6.07) is 15.2. The molecule has 0 aliphatic carbocycles. The number of piperidine rings is 1. The van der Waals surface area contributed by atoms with E-state index < -0.39 is 0 Å². The molecular weight excluding hydrogens is 372 g/mol. The number of rotatable bonds is 6. The summed E-state index contributed by atoms with van der Waals surface area (Å²) in [4.78, 5) is 2.30. The van der Waals surface area contributed by atoms with Crippen LogP contribution in [0.3, 0.4) is 0 Å². The summed E-state index contributed by atoms with van der Waals surface area (Å²) in [5.41, 5.74) is 4.67. The summed E-state index contributed by atoms with van der Waals surface area (Å²) >= 11 is 0. The largest absolute Gasteiger partial charge is 0.496 e. The number of fused-ring (bicyclic) bond motifs is 1. The first kappa shape index (κ1) is 20.8. The topological polar surface area (TPSA) is 33.7 Å². The third-order valence-electron chi connectivity index (χ3n) is 6.80. The maximum Gasteiger partial charge on any atom is 0.127 e. The fourth-order valence-electron chi connectivity index (χ4n) is 5.05. The van der Waals surface area contributed by atoms with Crippen molar-refractivity contribution in [3.8, 4) is 11.5 Å². The van der Waals surface area contributed by atoms with Gasteiger partial charge < -0.3 is 19.7 Å². The number of methoxy groups -OCH3 is 1. The van der Waals surface area contributed by atoms with Crippen LogP contribution in [0.4, 0.5) is 0 Å². The number of hydrogen-bond acceptors (Lipinski definition) is 4. The lowest BCUT2D eigenvalue weighted by atomic mass is 9.74. The molecule has 4 heteroatoms. The minimum atomic E-state index is -0.0984. The number of nitrogens with one attached hydrogen (secondary N) is 1. The first-order valence-corrected chi connectivity index (χ1v) is 11.2. The summed E-state index contributed by atoms with van der Waals surface area (Å²) in [5, 5.41) is 3.48. The van der Waals surface area contributed by atoms with Crippen LogP contribution in [-0.2, 0) is 0 Å². The van der Waals surface area contributed by atoms with E-state index in [0.717, 1.165) is 62.6 Å². The zero-order valence-electron chi connectivity index (χ0n) is 18.5. The van der Waals surface area contributed by atoms with E-state index in [1.165, 1.54) is 16.7 Å². The molecule has 0 saturated carbocycles. The fourth-order valence-corrected chi connectivity index (χ4v) is 5.05. The van der Waals surface area contributed by atoms with E-state index in [4.69, 9.17) is 9.47 Å². The van der Waals surface area contributed by atoms with Crippen LogP contribution in [0, 0.1) is 0 Å². The van der Waals surface area contributed by atoms with E-state index in [1.807, 2.05) is 12.1 Å². The Kier molecular flexibility index (Phi) is 6.05. The molecule has 2 aromatic rings. The van der Waals surface area contributed by atoms with Gasteiger partial charge in [0.25, 0.3) is 0 Å². The number of nitrogens with zero attached hydrogens (tertiary/aromatic N) is 1. The predicted molar refractivity (Wildman–Crippen MR) is 123 cm³/mol. The van der Waals surface area contributed by atoms with Gasteiger partial charge in [0.15, 0.2) is 0 Å². The molecule has 4 nitrogen and oxygen atoms in total. The Morgan fingerprint density at radius 2 is 1.83 bits per heavy atom. The van der Waals surface area contributed by atoms with Gasteiger partial charge in [-0.2, -0.15) is 0 Å². The standard InChI is InChI=1S/C26H34N2O2/c1-5-28(6-2)19(3)20-10-12-21(13-11-20)22-18-26(14-16-27-17-15-26)30-24-9-7-8-23(29-4)25(22)24/h7-13,22,27H,3,5-6,14-18H2,1-2,4H3. The normalized spacial score (nSPS) is 19.6. The maximum absolute atomic E-state index is 6.64. The molecule has 0 amide bonds. The van der Waals surface area contributed by atoms with Gasteiger partial charge in [0.2, 0.25) is 0 Å². The van der Waals surface area contributed by atoms with E-state index >= 15 is 0 Å². The monoisotopic (exact) mass is 406 g/mol. The van der Waals surface area contributed by atoms with Gasteiger partial charge in [-0.15, -0.1) is 0 Å². The van der Waals surface area contributed by atoms with Crippen molar-refractivity contribution in [3.05, 3.63) is 65.7 Å². The van der Waals surface area contributed by atoms with Crippen LogP contribution in [0.1, 0.15) is 55.7 Å². The molecule has 1 atom stereocenters. The first-order chi connectivity index (χ1) is 14.6. The molecular formula is C26H34N2O2. The quantitative estimate of drug-likeness (QED) is 0.728. The Morgan fingerprint density at radius 3 is 2.47 bits per heavy atom. The van der Waals surface area contributed by atoms with Crippen molar-refractivity contribution < 1.29 is 9.47 Å². The molecule has 2 aromatic carbocycles. The van der Waals surface area contributed by atoms with Gasteiger partial charge in [-0.25, -0.2) is 0 Å². The van der Waals surface area contributed by atoms with Crippen molar-refractivity contribution in [1.29, 1.82) is 0 Å². The Hall–Kier alpha value is -2.46. The summed E-state index contributed by atoms with van der Waals surface area (Å²) in [6.07, 6.45) is 3.06. The summed E-state index contributed by atoms with van der Waals surface area (Å²) in [6.45, 7) is 12.6. The van der Waals surface area contributed by atoms with E-state index in [9.17, 15) is 0 Å². The van der Waals surface area contributed by atoms with Crippen molar-refractivity contribution in [2.75, 3.05) is 33.3 Å². The van der Waals surface area contributed by atoms with Gasteiger partial charge in [-0.05, 0) is 69.5 Å². The predicted octanol–water partition coefficient (Wildman–Crippen LogP) is 5.04. The van der Waals surface area contributed by atoms with Gasteiger partial charge in [0.05, 0.1) is 7.11 Å². The van der Waals surface area contributed by atoms with Crippen molar-refractivity contribution in [3.63, 3.8) is 0 Å². The second-order valence-corrected chi connectivity index (χ2v) is 8.40. The molecule has 2 aliphatic rings. The maximum atomic E-state index is 6.64. The SMILES string of the molecule is C=C(c1ccc(C2CC3(CCNCC3)Oc3cccc(OC)c32)cc1)N(CC)CC. The molecule has 0 radical (unpaired) electrons. The fraction of sp³-hybridized carbons (Fsp3) is 0.462. The molecule has 2 heterocycles. The van der Waals surface area contributed by atoms with Crippen molar-refractivity contribution >= 4 is 5.70 Å². The van der Waals surface area contributed by atoms with Crippen LogP contribution >= 0.6 is 0 Å². The lowest BCUT2D eigenvalue weighted by Crippen LogP contribution is -2.49. The van der Waals surface area contributed by atoms with Crippen LogP contribution in [0.15, 0.2) is 49.0 Å². The number of ether oxygens (including phenoxy) is 2. The van der Waals surface area contributed by atoms with Crippen LogP contribution in [0.25, 0.3) is 5.70 Å². The zero-order valence-corrected chi connectivity index (χ0v) is 18.5. The van der Waals surface area contributed by atoms with Gasteiger partial charge in [0.1, 0.15) is 17.1 Å². The smallest absolute Gasteiger partial charge is 0.127 e.